The molecular weight excluding hydrogens is 238 g/mol. The lowest BCUT2D eigenvalue weighted by atomic mass is 9.86. The third-order valence-corrected chi connectivity index (χ3v) is 4.24. The molecule has 0 radical (unpaired) electrons. The molecule has 0 aromatic carbocycles. The van der Waals surface area contributed by atoms with Crippen LogP contribution < -0.4 is 5.32 Å². The molecule has 2 N–H and O–H groups in total. The van der Waals surface area contributed by atoms with Crippen molar-refractivity contribution in [3.05, 3.63) is 0 Å². The fraction of sp³-hybridized carbons (Fsp3) is 0.938. The predicted octanol–water partition coefficient (Wildman–Crippen LogP) is 3.26. The van der Waals surface area contributed by atoms with Crippen molar-refractivity contribution in [3.63, 3.8) is 0 Å². The third-order valence-electron chi connectivity index (χ3n) is 4.24. The number of hydrogen-bond acceptors (Lipinski definition) is 2. The minimum atomic E-state index is -0.355. The largest absolute Gasteiger partial charge is 0.393 e. The number of nitrogens with one attached hydrogen (secondary N) is 1. The Morgan fingerprint density at radius 2 is 1.89 bits per heavy atom. The Morgan fingerprint density at radius 3 is 2.47 bits per heavy atom. The van der Waals surface area contributed by atoms with Crippen molar-refractivity contribution in [3.8, 4) is 0 Å². The minimum absolute atomic E-state index is 0.104. The maximum atomic E-state index is 11.7. The van der Waals surface area contributed by atoms with Crippen LogP contribution in [0.1, 0.15) is 72.1 Å². The van der Waals surface area contributed by atoms with Crippen molar-refractivity contribution in [2.24, 2.45) is 11.3 Å². The molecule has 1 saturated carbocycles. The molecule has 19 heavy (non-hydrogen) atoms. The molecule has 1 atom stereocenters. The first-order valence-electron chi connectivity index (χ1n) is 7.84. The van der Waals surface area contributed by atoms with E-state index in [2.05, 4.69) is 5.32 Å². The van der Waals surface area contributed by atoms with Crippen LogP contribution in [0.3, 0.4) is 0 Å². The zero-order valence-electron chi connectivity index (χ0n) is 12.9. The van der Waals surface area contributed by atoms with E-state index in [1.807, 2.05) is 20.8 Å². The van der Waals surface area contributed by atoms with Gasteiger partial charge >= 0.3 is 0 Å². The van der Waals surface area contributed by atoms with Gasteiger partial charge in [0.1, 0.15) is 0 Å². The van der Waals surface area contributed by atoms with E-state index in [0.29, 0.717) is 19.4 Å². The summed E-state index contributed by atoms with van der Waals surface area (Å²) in [6.45, 7) is 6.63. The maximum absolute atomic E-state index is 11.7. The fourth-order valence-electron chi connectivity index (χ4n) is 2.68. The van der Waals surface area contributed by atoms with Crippen molar-refractivity contribution in [1.82, 2.24) is 5.32 Å². The SMILES string of the molecule is CC(C)(C)C(O)CCNC(=O)CCC1CCCCC1. The van der Waals surface area contributed by atoms with Crippen LogP contribution in [0.2, 0.25) is 0 Å². The summed E-state index contributed by atoms with van der Waals surface area (Å²) in [7, 11) is 0. The zero-order chi connectivity index (χ0) is 14.3. The molecule has 112 valence electrons. The molecule has 0 saturated heterocycles. The smallest absolute Gasteiger partial charge is 0.220 e. The van der Waals surface area contributed by atoms with E-state index in [0.717, 1.165) is 12.3 Å². The maximum Gasteiger partial charge on any atom is 0.220 e. The molecule has 1 amide bonds. The van der Waals surface area contributed by atoms with E-state index in [4.69, 9.17) is 0 Å². The number of aliphatic hydroxyl groups excluding tert-OH is 1. The number of amides is 1. The van der Waals surface area contributed by atoms with Gasteiger partial charge in [-0.2, -0.15) is 0 Å². The second-order valence-electron chi connectivity index (χ2n) is 7.06. The van der Waals surface area contributed by atoms with Crippen molar-refractivity contribution >= 4 is 5.91 Å². The van der Waals surface area contributed by atoms with Gasteiger partial charge in [0.05, 0.1) is 6.10 Å². The highest BCUT2D eigenvalue weighted by molar-refractivity contribution is 5.75. The summed E-state index contributed by atoms with van der Waals surface area (Å²) >= 11 is 0. The summed E-state index contributed by atoms with van der Waals surface area (Å²) in [6, 6.07) is 0. The summed E-state index contributed by atoms with van der Waals surface area (Å²) in [5, 5.41) is 12.8. The number of aliphatic hydroxyl groups is 1. The Balaban J connectivity index is 2.07. The van der Waals surface area contributed by atoms with Crippen LogP contribution in [0.25, 0.3) is 0 Å². The first-order chi connectivity index (χ1) is 8.89. The zero-order valence-corrected chi connectivity index (χ0v) is 12.9. The standard InChI is InChI=1S/C16H31NO2/c1-16(2,3)14(18)11-12-17-15(19)10-9-13-7-5-4-6-8-13/h13-14,18H,4-12H2,1-3H3,(H,17,19). The van der Waals surface area contributed by atoms with Gasteiger partial charge in [-0.3, -0.25) is 4.79 Å². The Hall–Kier alpha value is -0.570. The van der Waals surface area contributed by atoms with Crippen molar-refractivity contribution in [2.75, 3.05) is 6.54 Å². The predicted molar refractivity (Wildman–Crippen MR) is 78.9 cm³/mol. The van der Waals surface area contributed by atoms with E-state index in [1.165, 1.54) is 32.1 Å². The van der Waals surface area contributed by atoms with Crippen LogP contribution in [-0.2, 0) is 4.79 Å². The van der Waals surface area contributed by atoms with Crippen LogP contribution in [0.4, 0.5) is 0 Å². The average Bonchev–Trinajstić information content (AvgIpc) is 2.36. The Bertz CT molecular complexity index is 264. The van der Waals surface area contributed by atoms with E-state index in [-0.39, 0.29) is 17.4 Å². The van der Waals surface area contributed by atoms with Crippen LogP contribution in [0.15, 0.2) is 0 Å². The van der Waals surface area contributed by atoms with E-state index in [9.17, 15) is 9.90 Å². The van der Waals surface area contributed by atoms with Gasteiger partial charge in [0.15, 0.2) is 0 Å². The highest BCUT2D eigenvalue weighted by atomic mass is 16.3. The lowest BCUT2D eigenvalue weighted by Crippen LogP contribution is -2.32. The van der Waals surface area contributed by atoms with Gasteiger partial charge in [0.2, 0.25) is 5.91 Å². The lowest BCUT2D eigenvalue weighted by molar-refractivity contribution is -0.121. The minimum Gasteiger partial charge on any atom is -0.393 e. The molecule has 0 heterocycles. The van der Waals surface area contributed by atoms with E-state index in [1.54, 1.807) is 0 Å². The van der Waals surface area contributed by atoms with E-state index < -0.39 is 0 Å². The molecule has 1 aliphatic carbocycles. The normalized spacial score (nSPS) is 19.2. The molecular formula is C16H31NO2. The van der Waals surface area contributed by atoms with Gasteiger partial charge in [-0.15, -0.1) is 0 Å². The Labute approximate surface area is 118 Å². The van der Waals surface area contributed by atoms with Crippen LogP contribution in [0.5, 0.6) is 0 Å². The Morgan fingerprint density at radius 1 is 1.26 bits per heavy atom. The second-order valence-corrected chi connectivity index (χ2v) is 7.06. The highest BCUT2D eigenvalue weighted by Gasteiger charge is 2.21. The monoisotopic (exact) mass is 269 g/mol. The quantitative estimate of drug-likeness (QED) is 0.777. The molecule has 3 nitrogen and oxygen atoms in total. The van der Waals surface area contributed by atoms with Crippen LogP contribution >= 0.6 is 0 Å². The molecule has 1 rings (SSSR count). The molecule has 0 aliphatic heterocycles. The lowest BCUT2D eigenvalue weighted by Gasteiger charge is -2.25. The first-order valence-corrected chi connectivity index (χ1v) is 7.84. The van der Waals surface area contributed by atoms with Gasteiger partial charge in [-0.1, -0.05) is 52.9 Å². The first kappa shape index (κ1) is 16.5. The van der Waals surface area contributed by atoms with Gasteiger partial charge in [-0.25, -0.2) is 0 Å². The molecule has 0 aromatic heterocycles. The molecule has 1 fully saturated rings. The third kappa shape index (κ3) is 6.95. The summed E-state index contributed by atoms with van der Waals surface area (Å²) in [4.78, 5) is 11.7. The van der Waals surface area contributed by atoms with Crippen LogP contribution in [-0.4, -0.2) is 23.7 Å². The Kier molecular flexibility index (Phi) is 6.84. The summed E-state index contributed by atoms with van der Waals surface area (Å²) in [5.41, 5.74) is -0.104. The number of rotatable bonds is 6. The molecule has 1 unspecified atom stereocenters. The molecule has 0 bridgehead atoms. The summed E-state index contributed by atoms with van der Waals surface area (Å²) in [5.74, 6) is 0.909. The topological polar surface area (TPSA) is 49.3 Å². The van der Waals surface area contributed by atoms with E-state index >= 15 is 0 Å². The van der Waals surface area contributed by atoms with Gasteiger partial charge < -0.3 is 10.4 Å². The molecule has 0 aromatic rings. The summed E-state index contributed by atoms with van der Waals surface area (Å²) < 4.78 is 0. The van der Waals surface area contributed by atoms with Crippen molar-refractivity contribution in [1.29, 1.82) is 0 Å². The van der Waals surface area contributed by atoms with Crippen molar-refractivity contribution < 1.29 is 9.90 Å². The number of carbonyl (C=O) groups is 1. The number of carbonyl (C=O) groups excluding carboxylic acids is 1. The van der Waals surface area contributed by atoms with Crippen LogP contribution in [0, 0.1) is 11.3 Å². The van der Waals surface area contributed by atoms with Crippen molar-refractivity contribution in [2.45, 2.75) is 78.2 Å². The fourth-order valence-corrected chi connectivity index (χ4v) is 2.68. The van der Waals surface area contributed by atoms with Gasteiger partial charge in [0.25, 0.3) is 0 Å². The molecule has 0 spiro atoms. The average molecular weight is 269 g/mol. The highest BCUT2D eigenvalue weighted by Crippen LogP contribution is 2.27. The second kappa shape index (κ2) is 7.88. The van der Waals surface area contributed by atoms with Gasteiger partial charge in [0, 0.05) is 13.0 Å². The number of hydrogen-bond donors (Lipinski definition) is 2. The molecule has 3 heteroatoms. The molecule has 1 aliphatic rings. The van der Waals surface area contributed by atoms with Gasteiger partial charge in [-0.05, 0) is 24.2 Å². The summed E-state index contributed by atoms with van der Waals surface area (Å²) in [6.07, 6.45) is 8.61.